The molecule has 1 fully saturated rings. The van der Waals surface area contributed by atoms with E-state index >= 15 is 0 Å². The van der Waals surface area contributed by atoms with E-state index in [0.717, 1.165) is 31.0 Å². The van der Waals surface area contributed by atoms with Gasteiger partial charge in [-0.2, -0.15) is 0 Å². The molecule has 0 saturated carbocycles. The summed E-state index contributed by atoms with van der Waals surface area (Å²) in [7, 11) is 0. The summed E-state index contributed by atoms with van der Waals surface area (Å²) in [6.45, 7) is 3.51. The largest absolute Gasteiger partial charge is 0.491 e. The topological polar surface area (TPSA) is 102 Å². The van der Waals surface area contributed by atoms with Crippen molar-refractivity contribution in [1.82, 2.24) is 14.9 Å². The van der Waals surface area contributed by atoms with Crippen LogP contribution in [0, 0.1) is 0 Å². The minimum atomic E-state index is -1.04. The maximum Gasteiger partial charge on any atom is 0.345 e. The van der Waals surface area contributed by atoms with Crippen molar-refractivity contribution in [2.24, 2.45) is 0 Å². The molecule has 1 aliphatic rings. The van der Waals surface area contributed by atoms with Crippen molar-refractivity contribution < 1.29 is 14.6 Å². The number of carboxylic acids is 1. The minimum Gasteiger partial charge on any atom is -0.491 e. The Morgan fingerprint density at radius 2 is 1.97 bits per heavy atom. The smallest absolute Gasteiger partial charge is 0.345 e. The van der Waals surface area contributed by atoms with Crippen molar-refractivity contribution >= 4 is 56.7 Å². The van der Waals surface area contributed by atoms with Gasteiger partial charge in [0.1, 0.15) is 22.1 Å². The number of fused-ring (bicyclic) bond motifs is 1. The van der Waals surface area contributed by atoms with Gasteiger partial charge in [-0.15, -0.1) is 11.3 Å². The molecule has 1 saturated heterocycles. The Balaban J connectivity index is 1.69. The molecule has 0 atom stereocenters. The van der Waals surface area contributed by atoms with Gasteiger partial charge in [0, 0.05) is 17.5 Å². The van der Waals surface area contributed by atoms with E-state index in [1.807, 2.05) is 0 Å². The lowest BCUT2D eigenvalue weighted by molar-refractivity contribution is 0.0702. The number of halogens is 2. The number of ether oxygens (including phenoxy) is 1. The van der Waals surface area contributed by atoms with Crippen LogP contribution in [0.15, 0.2) is 18.2 Å². The highest BCUT2D eigenvalue weighted by molar-refractivity contribution is 7.20. The van der Waals surface area contributed by atoms with Crippen LogP contribution in [0.2, 0.25) is 10.0 Å². The van der Waals surface area contributed by atoms with Gasteiger partial charge < -0.3 is 15.6 Å². The molecule has 0 amide bonds. The standard InChI is InChI=1S/C19H18Cl2N4O3S/c20-12-9-13(21)14(28-6-5-25-3-1-2-4-25)7-10(12)16-11-8-15(18(26)27)29-17(11)24-19(22)23-16/h7-9H,1-6H2,(H,26,27)(H2,22,23,24). The number of aromatic carboxylic acids is 1. The lowest BCUT2D eigenvalue weighted by Gasteiger charge is -2.16. The first-order valence-electron chi connectivity index (χ1n) is 9.07. The third-order valence-electron chi connectivity index (χ3n) is 4.76. The van der Waals surface area contributed by atoms with Gasteiger partial charge in [0.25, 0.3) is 0 Å². The van der Waals surface area contributed by atoms with Gasteiger partial charge in [0.2, 0.25) is 5.95 Å². The zero-order chi connectivity index (χ0) is 20.5. The predicted molar refractivity (Wildman–Crippen MR) is 115 cm³/mol. The summed E-state index contributed by atoms with van der Waals surface area (Å²) in [6, 6.07) is 4.84. The van der Waals surface area contributed by atoms with E-state index in [0.29, 0.717) is 43.9 Å². The molecule has 3 aromatic rings. The molecule has 29 heavy (non-hydrogen) atoms. The maximum absolute atomic E-state index is 11.4. The second-order valence-electron chi connectivity index (χ2n) is 6.72. The number of hydrogen-bond donors (Lipinski definition) is 2. The van der Waals surface area contributed by atoms with Crippen molar-refractivity contribution in [3.63, 3.8) is 0 Å². The van der Waals surface area contributed by atoms with Crippen LogP contribution in [0.25, 0.3) is 21.5 Å². The molecule has 1 aromatic carbocycles. The first-order chi connectivity index (χ1) is 13.9. The summed E-state index contributed by atoms with van der Waals surface area (Å²) in [5.41, 5.74) is 6.85. The molecule has 0 unspecified atom stereocenters. The number of nitrogens with two attached hydrogens (primary N) is 1. The summed E-state index contributed by atoms with van der Waals surface area (Å²) >= 11 is 13.8. The number of aromatic nitrogens is 2. The number of carboxylic acid groups (broad SMARTS) is 1. The summed E-state index contributed by atoms with van der Waals surface area (Å²) in [5.74, 6) is -0.510. The van der Waals surface area contributed by atoms with E-state index < -0.39 is 5.97 Å². The number of hydrogen-bond acceptors (Lipinski definition) is 7. The third kappa shape index (κ3) is 4.25. The maximum atomic E-state index is 11.4. The molecule has 10 heteroatoms. The van der Waals surface area contributed by atoms with Gasteiger partial charge in [-0.3, -0.25) is 4.90 Å². The molecule has 4 rings (SSSR count). The normalized spacial score (nSPS) is 14.6. The van der Waals surface area contributed by atoms with Gasteiger partial charge in [0.05, 0.1) is 15.7 Å². The molecule has 2 aromatic heterocycles. The van der Waals surface area contributed by atoms with Crippen LogP contribution in [-0.2, 0) is 0 Å². The summed E-state index contributed by atoms with van der Waals surface area (Å²) in [5, 5.41) is 10.6. The number of carbonyl (C=O) groups is 1. The van der Waals surface area contributed by atoms with Gasteiger partial charge >= 0.3 is 5.97 Å². The average Bonchev–Trinajstić information content (AvgIpc) is 3.32. The number of likely N-dealkylation sites (tertiary alicyclic amines) is 1. The van der Waals surface area contributed by atoms with E-state index in [9.17, 15) is 9.90 Å². The highest BCUT2D eigenvalue weighted by Crippen LogP contribution is 2.40. The van der Waals surface area contributed by atoms with E-state index in [4.69, 9.17) is 33.7 Å². The summed E-state index contributed by atoms with van der Waals surface area (Å²) in [6.07, 6.45) is 2.44. The monoisotopic (exact) mass is 452 g/mol. The average molecular weight is 453 g/mol. The first kappa shape index (κ1) is 20.2. The molecule has 0 radical (unpaired) electrons. The van der Waals surface area contributed by atoms with E-state index in [-0.39, 0.29) is 10.8 Å². The molecular formula is C19H18Cl2N4O3S. The fraction of sp³-hybridized carbons (Fsp3) is 0.316. The number of nitrogen functional groups attached to an aromatic ring is 1. The molecule has 1 aliphatic heterocycles. The van der Waals surface area contributed by atoms with Crippen molar-refractivity contribution in [2.75, 3.05) is 32.0 Å². The zero-order valence-electron chi connectivity index (χ0n) is 15.3. The molecule has 0 bridgehead atoms. The Hall–Kier alpha value is -2.13. The first-order valence-corrected chi connectivity index (χ1v) is 10.6. The fourth-order valence-corrected chi connectivity index (χ4v) is 4.77. The van der Waals surface area contributed by atoms with Crippen molar-refractivity contribution in [3.8, 4) is 17.0 Å². The van der Waals surface area contributed by atoms with E-state index in [1.165, 1.54) is 18.9 Å². The molecule has 3 N–H and O–H groups in total. The quantitative estimate of drug-likeness (QED) is 0.570. The van der Waals surface area contributed by atoms with E-state index in [1.54, 1.807) is 12.1 Å². The summed E-state index contributed by atoms with van der Waals surface area (Å²) < 4.78 is 5.90. The number of nitrogens with zero attached hydrogens (tertiary/aromatic N) is 3. The number of benzene rings is 1. The lowest BCUT2D eigenvalue weighted by Crippen LogP contribution is -2.25. The molecule has 7 nitrogen and oxygen atoms in total. The Morgan fingerprint density at radius 3 is 2.69 bits per heavy atom. The molecule has 3 heterocycles. The molecule has 0 aliphatic carbocycles. The van der Waals surface area contributed by atoms with Crippen LogP contribution in [-0.4, -0.2) is 52.2 Å². The van der Waals surface area contributed by atoms with Crippen LogP contribution in [0.4, 0.5) is 5.95 Å². The highest BCUT2D eigenvalue weighted by Gasteiger charge is 2.19. The number of rotatable bonds is 6. The van der Waals surface area contributed by atoms with Crippen LogP contribution in [0.1, 0.15) is 22.5 Å². The van der Waals surface area contributed by atoms with Crippen molar-refractivity contribution in [3.05, 3.63) is 33.1 Å². The minimum absolute atomic E-state index is 0.0359. The van der Waals surface area contributed by atoms with Crippen LogP contribution < -0.4 is 10.5 Å². The Kier molecular flexibility index (Phi) is 5.78. The number of anilines is 1. The molecule has 152 valence electrons. The van der Waals surface area contributed by atoms with E-state index in [2.05, 4.69) is 14.9 Å². The van der Waals surface area contributed by atoms with Crippen LogP contribution in [0.5, 0.6) is 5.75 Å². The van der Waals surface area contributed by atoms with Gasteiger partial charge in [-0.05, 0) is 44.1 Å². The second kappa shape index (κ2) is 8.31. The van der Waals surface area contributed by atoms with Crippen molar-refractivity contribution in [1.29, 1.82) is 0 Å². The highest BCUT2D eigenvalue weighted by atomic mass is 35.5. The third-order valence-corrected chi connectivity index (χ3v) is 6.39. The molecule has 0 spiro atoms. The fourth-order valence-electron chi connectivity index (χ4n) is 3.36. The van der Waals surface area contributed by atoms with Crippen LogP contribution >= 0.6 is 34.5 Å². The van der Waals surface area contributed by atoms with Gasteiger partial charge in [-0.1, -0.05) is 23.2 Å². The Morgan fingerprint density at radius 1 is 1.21 bits per heavy atom. The second-order valence-corrected chi connectivity index (χ2v) is 8.57. The Bertz CT molecular complexity index is 1080. The predicted octanol–water partition coefficient (Wildman–Crippen LogP) is 4.42. The van der Waals surface area contributed by atoms with Gasteiger partial charge in [0.15, 0.2) is 0 Å². The Labute approximate surface area is 181 Å². The van der Waals surface area contributed by atoms with Gasteiger partial charge in [-0.25, -0.2) is 14.8 Å². The lowest BCUT2D eigenvalue weighted by atomic mass is 10.1. The van der Waals surface area contributed by atoms with Crippen LogP contribution in [0.3, 0.4) is 0 Å². The zero-order valence-corrected chi connectivity index (χ0v) is 17.6. The summed E-state index contributed by atoms with van der Waals surface area (Å²) in [4.78, 5) is 22.8. The molecular weight excluding hydrogens is 435 g/mol. The SMILES string of the molecule is Nc1nc(-c2cc(OCCN3CCCC3)c(Cl)cc2Cl)c2cc(C(=O)O)sc2n1. The van der Waals surface area contributed by atoms with Crippen molar-refractivity contribution in [2.45, 2.75) is 12.8 Å². The number of thiophene rings is 1.